The summed E-state index contributed by atoms with van der Waals surface area (Å²) >= 11 is 0. The van der Waals surface area contributed by atoms with Gasteiger partial charge in [-0.15, -0.1) is 0 Å². The van der Waals surface area contributed by atoms with Gasteiger partial charge in [-0.05, 0) is 43.8 Å². The van der Waals surface area contributed by atoms with Gasteiger partial charge in [0.25, 0.3) is 0 Å². The van der Waals surface area contributed by atoms with E-state index >= 15 is 0 Å². The predicted octanol–water partition coefficient (Wildman–Crippen LogP) is 7.75. The quantitative estimate of drug-likeness (QED) is 0.469. The van der Waals surface area contributed by atoms with Crippen molar-refractivity contribution in [3.8, 4) is 6.07 Å². The van der Waals surface area contributed by atoms with E-state index in [0.717, 1.165) is 25.7 Å². The highest BCUT2D eigenvalue weighted by Crippen LogP contribution is 2.41. The van der Waals surface area contributed by atoms with Gasteiger partial charge in [-0.25, -0.2) is 0 Å². The molecular weight excluding hydrogens is 322 g/mol. The molecule has 0 radical (unpaired) electrons. The molecule has 0 bridgehead atoms. The molecule has 25 heavy (non-hydrogen) atoms. The largest absolute Gasteiger partial charge is 0.399 e. The minimum absolute atomic E-state index is 0.161. The van der Waals surface area contributed by atoms with Gasteiger partial charge >= 0.3 is 0 Å². The van der Waals surface area contributed by atoms with Crippen LogP contribution in [0.2, 0.25) is 18.1 Å². The highest BCUT2D eigenvalue weighted by Gasteiger charge is 2.44. The van der Waals surface area contributed by atoms with E-state index in [4.69, 9.17) is 4.43 Å². The van der Waals surface area contributed by atoms with Crippen LogP contribution in [0.1, 0.15) is 111 Å². The predicted molar refractivity (Wildman–Crippen MR) is 111 cm³/mol. The van der Waals surface area contributed by atoms with Crippen LogP contribution in [0, 0.1) is 11.3 Å². The van der Waals surface area contributed by atoms with Gasteiger partial charge in [0.15, 0.2) is 8.32 Å². The van der Waals surface area contributed by atoms with Crippen molar-refractivity contribution in [2.75, 3.05) is 0 Å². The standard InChI is InChI=1S/C22H43NOSi/c1-21(2,3)25(4,5)24-22(20-23)18-16-14-12-10-8-6-7-9-11-13-15-17-19-22/h6-19H2,1-5H3. The van der Waals surface area contributed by atoms with Crippen LogP contribution in [0.15, 0.2) is 0 Å². The highest BCUT2D eigenvalue weighted by atomic mass is 28.4. The molecule has 0 aromatic heterocycles. The molecular formula is C22H43NOSi. The topological polar surface area (TPSA) is 33.0 Å². The molecule has 0 aromatic carbocycles. The smallest absolute Gasteiger partial charge is 0.194 e. The summed E-state index contributed by atoms with van der Waals surface area (Å²) in [6.07, 6.45) is 17.6. The van der Waals surface area contributed by atoms with E-state index in [1.54, 1.807) is 0 Å². The zero-order chi connectivity index (χ0) is 18.8. The Morgan fingerprint density at radius 3 is 1.32 bits per heavy atom. The van der Waals surface area contributed by atoms with Crippen molar-refractivity contribution in [1.82, 2.24) is 0 Å². The van der Waals surface area contributed by atoms with Crippen molar-refractivity contribution >= 4 is 8.32 Å². The number of rotatable bonds is 2. The second-order valence-electron chi connectivity index (χ2n) is 9.71. The van der Waals surface area contributed by atoms with Gasteiger partial charge in [-0.3, -0.25) is 0 Å². The first kappa shape index (κ1) is 22.7. The third-order valence-corrected chi connectivity index (χ3v) is 10.9. The van der Waals surface area contributed by atoms with Gasteiger partial charge in [0.2, 0.25) is 0 Å². The van der Waals surface area contributed by atoms with Crippen LogP contribution in [0.4, 0.5) is 0 Å². The Bertz CT molecular complexity index is 389. The SMILES string of the molecule is CC(C)(C)[Si](C)(C)OC1(C#N)CCCCCCCCCCCCCC1. The summed E-state index contributed by atoms with van der Waals surface area (Å²) in [4.78, 5) is 0. The Morgan fingerprint density at radius 2 is 1.04 bits per heavy atom. The van der Waals surface area contributed by atoms with Crippen LogP contribution in [0.3, 0.4) is 0 Å². The lowest BCUT2D eigenvalue weighted by Crippen LogP contribution is -2.49. The Morgan fingerprint density at radius 1 is 0.720 bits per heavy atom. The van der Waals surface area contributed by atoms with Gasteiger partial charge in [0, 0.05) is 0 Å². The number of nitrogens with zero attached hydrogens (tertiary/aromatic N) is 1. The number of nitriles is 1. The second-order valence-corrected chi connectivity index (χ2v) is 14.4. The minimum atomic E-state index is -1.92. The summed E-state index contributed by atoms with van der Waals surface area (Å²) < 4.78 is 6.74. The zero-order valence-corrected chi connectivity index (χ0v) is 18.8. The van der Waals surface area contributed by atoms with Gasteiger partial charge in [0.05, 0.1) is 6.07 Å². The highest BCUT2D eigenvalue weighted by molar-refractivity contribution is 6.74. The Labute approximate surface area is 158 Å². The zero-order valence-electron chi connectivity index (χ0n) is 17.8. The van der Waals surface area contributed by atoms with E-state index in [0.29, 0.717) is 0 Å². The van der Waals surface area contributed by atoms with Gasteiger partial charge in [-0.1, -0.05) is 85.0 Å². The summed E-state index contributed by atoms with van der Waals surface area (Å²) in [5.41, 5.74) is -0.539. The van der Waals surface area contributed by atoms with Crippen LogP contribution in [-0.4, -0.2) is 13.9 Å². The fourth-order valence-electron chi connectivity index (χ4n) is 3.59. The fraction of sp³-hybridized carbons (Fsp3) is 0.955. The number of hydrogen-bond acceptors (Lipinski definition) is 2. The molecule has 2 nitrogen and oxygen atoms in total. The van der Waals surface area contributed by atoms with Crippen molar-refractivity contribution in [1.29, 1.82) is 5.26 Å². The maximum absolute atomic E-state index is 10.1. The van der Waals surface area contributed by atoms with Gasteiger partial charge < -0.3 is 4.43 Å². The molecule has 1 rings (SSSR count). The van der Waals surface area contributed by atoms with E-state index in [9.17, 15) is 5.26 Å². The fourth-order valence-corrected chi connectivity index (χ4v) is 5.12. The number of hydrogen-bond donors (Lipinski definition) is 0. The molecule has 0 aromatic rings. The molecule has 3 heteroatoms. The van der Waals surface area contributed by atoms with E-state index in [2.05, 4.69) is 39.9 Å². The molecule has 1 aliphatic carbocycles. The normalized spacial score (nSPS) is 22.4. The Kier molecular flexibility index (Phi) is 9.74. The molecule has 1 fully saturated rings. The minimum Gasteiger partial charge on any atom is -0.399 e. The maximum atomic E-state index is 10.1. The van der Waals surface area contributed by atoms with Gasteiger partial charge in [0.1, 0.15) is 5.60 Å². The third kappa shape index (κ3) is 8.26. The van der Waals surface area contributed by atoms with E-state index in [1.165, 1.54) is 64.2 Å². The van der Waals surface area contributed by atoms with Crippen molar-refractivity contribution in [3.05, 3.63) is 0 Å². The molecule has 0 atom stereocenters. The van der Waals surface area contributed by atoms with Crippen molar-refractivity contribution in [2.45, 2.75) is 134 Å². The first-order valence-electron chi connectivity index (χ1n) is 10.8. The molecule has 0 heterocycles. The molecule has 0 amide bonds. The molecule has 146 valence electrons. The Balaban J connectivity index is 2.77. The summed E-state index contributed by atoms with van der Waals surface area (Å²) in [5.74, 6) is 0. The molecule has 0 spiro atoms. The van der Waals surface area contributed by atoms with Crippen molar-refractivity contribution in [3.63, 3.8) is 0 Å². The van der Waals surface area contributed by atoms with Crippen LogP contribution in [-0.2, 0) is 4.43 Å². The van der Waals surface area contributed by atoms with Crippen LogP contribution in [0.25, 0.3) is 0 Å². The Hall–Kier alpha value is -0.333. The molecule has 0 unspecified atom stereocenters. The molecule has 1 aliphatic rings. The first-order chi connectivity index (χ1) is 11.7. The first-order valence-corrected chi connectivity index (χ1v) is 13.7. The van der Waals surface area contributed by atoms with E-state index in [1.807, 2.05) is 0 Å². The van der Waals surface area contributed by atoms with Gasteiger partial charge in [-0.2, -0.15) is 5.26 Å². The average molecular weight is 366 g/mol. The molecule has 0 saturated heterocycles. The lowest BCUT2D eigenvalue weighted by Gasteiger charge is -2.43. The maximum Gasteiger partial charge on any atom is 0.194 e. The van der Waals surface area contributed by atoms with Crippen LogP contribution >= 0.6 is 0 Å². The molecule has 0 aliphatic heterocycles. The van der Waals surface area contributed by atoms with Crippen LogP contribution in [0.5, 0.6) is 0 Å². The van der Waals surface area contributed by atoms with Crippen molar-refractivity contribution in [2.24, 2.45) is 0 Å². The summed E-state index contributed by atoms with van der Waals surface area (Å²) in [7, 11) is -1.92. The lowest BCUT2D eigenvalue weighted by atomic mass is 9.91. The monoisotopic (exact) mass is 365 g/mol. The van der Waals surface area contributed by atoms with E-state index < -0.39 is 13.9 Å². The summed E-state index contributed by atoms with van der Waals surface area (Å²) in [5, 5.41) is 10.2. The van der Waals surface area contributed by atoms with Crippen molar-refractivity contribution < 1.29 is 4.43 Å². The average Bonchev–Trinajstić information content (AvgIpc) is 2.53. The summed E-state index contributed by atoms with van der Waals surface area (Å²) in [6, 6.07) is 2.65. The van der Waals surface area contributed by atoms with E-state index in [-0.39, 0.29) is 5.04 Å². The second kappa shape index (κ2) is 10.7. The molecule has 0 N–H and O–H groups in total. The lowest BCUT2D eigenvalue weighted by molar-refractivity contribution is 0.0847. The molecule has 1 saturated carbocycles. The third-order valence-electron chi connectivity index (χ3n) is 6.37. The summed E-state index contributed by atoms with van der Waals surface area (Å²) in [6.45, 7) is 11.4. The van der Waals surface area contributed by atoms with Crippen LogP contribution < -0.4 is 0 Å².